The molecule has 8 nitrogen and oxygen atoms in total. The number of pyridine rings is 1. The van der Waals surface area contributed by atoms with E-state index in [4.69, 9.17) is 16.3 Å². The number of aromatic carboxylic acids is 1. The number of anilines is 2. The molecule has 0 radical (unpaired) electrons. The number of nitrogens with zero attached hydrogens (tertiary/aromatic N) is 4. The highest BCUT2D eigenvalue weighted by molar-refractivity contribution is 6.76. The van der Waals surface area contributed by atoms with Crippen molar-refractivity contribution in [3.63, 3.8) is 0 Å². The lowest BCUT2D eigenvalue weighted by Gasteiger charge is -2.16. The van der Waals surface area contributed by atoms with Gasteiger partial charge in [-0.25, -0.2) is 14.2 Å². The van der Waals surface area contributed by atoms with E-state index in [9.17, 15) is 14.3 Å². The van der Waals surface area contributed by atoms with Crippen LogP contribution in [0.15, 0.2) is 48.8 Å². The maximum Gasteiger partial charge on any atom is 0.352 e. The lowest BCUT2D eigenvalue weighted by molar-refractivity contribution is 0.0629. The van der Waals surface area contributed by atoms with Gasteiger partial charge in [0, 0.05) is 36.8 Å². The third kappa shape index (κ3) is 5.84. The Morgan fingerprint density at radius 1 is 1.23 bits per heavy atom. The lowest BCUT2D eigenvalue weighted by atomic mass is 10.1. The molecule has 4 rings (SSSR count). The summed E-state index contributed by atoms with van der Waals surface area (Å²) >= 11 is 6.02. The van der Waals surface area contributed by atoms with Gasteiger partial charge in [-0.05, 0) is 42.4 Å². The molecule has 3 aromatic heterocycles. The van der Waals surface area contributed by atoms with Crippen molar-refractivity contribution in [3.8, 4) is 11.3 Å². The van der Waals surface area contributed by atoms with Gasteiger partial charge in [-0.3, -0.25) is 4.57 Å². The van der Waals surface area contributed by atoms with Gasteiger partial charge >= 0.3 is 5.97 Å². The van der Waals surface area contributed by atoms with E-state index >= 15 is 0 Å². The predicted molar refractivity (Wildman–Crippen MR) is 137 cm³/mol. The minimum absolute atomic E-state index is 0.0734. The Balaban J connectivity index is 1.64. The van der Waals surface area contributed by atoms with Crippen molar-refractivity contribution in [1.82, 2.24) is 19.7 Å². The second kappa shape index (κ2) is 10.1. The Morgan fingerprint density at radius 3 is 2.77 bits per heavy atom. The van der Waals surface area contributed by atoms with Crippen LogP contribution in [0.3, 0.4) is 0 Å². The number of benzene rings is 1. The summed E-state index contributed by atoms with van der Waals surface area (Å²) in [4.78, 5) is 16.3. The molecule has 0 spiro atoms. The number of hydrogen-bond acceptors (Lipinski definition) is 6. The average Bonchev–Trinajstić information content (AvgIpc) is 3.18. The van der Waals surface area contributed by atoms with Gasteiger partial charge in [0.15, 0.2) is 0 Å². The fourth-order valence-corrected chi connectivity index (χ4v) is 4.44. The summed E-state index contributed by atoms with van der Waals surface area (Å²) < 4.78 is 21.7. The average molecular weight is 514 g/mol. The molecule has 1 aromatic carbocycles. The van der Waals surface area contributed by atoms with E-state index in [1.54, 1.807) is 29.0 Å². The third-order valence-corrected chi connectivity index (χ3v) is 7.31. The molecule has 0 amide bonds. The summed E-state index contributed by atoms with van der Waals surface area (Å²) in [5, 5.41) is 22.0. The van der Waals surface area contributed by atoms with Gasteiger partial charge in [0.25, 0.3) is 0 Å². The van der Waals surface area contributed by atoms with Crippen LogP contribution in [0.2, 0.25) is 30.7 Å². The summed E-state index contributed by atoms with van der Waals surface area (Å²) in [6.45, 7) is 7.40. The van der Waals surface area contributed by atoms with Gasteiger partial charge in [-0.1, -0.05) is 31.2 Å². The molecule has 0 saturated carbocycles. The zero-order valence-electron chi connectivity index (χ0n) is 19.5. The van der Waals surface area contributed by atoms with Crippen LogP contribution in [0.4, 0.5) is 15.8 Å². The van der Waals surface area contributed by atoms with E-state index in [0.29, 0.717) is 39.7 Å². The highest BCUT2D eigenvalue weighted by Gasteiger charge is 2.19. The molecule has 2 N–H and O–H groups in total. The molecular formula is C24H25ClFN5O3Si. The van der Waals surface area contributed by atoms with Crippen LogP contribution in [0.5, 0.6) is 0 Å². The zero-order valence-corrected chi connectivity index (χ0v) is 21.3. The van der Waals surface area contributed by atoms with Crippen molar-refractivity contribution >= 4 is 48.1 Å². The lowest BCUT2D eigenvalue weighted by Crippen LogP contribution is -2.22. The summed E-state index contributed by atoms with van der Waals surface area (Å²) in [6, 6.07) is 10.1. The highest BCUT2D eigenvalue weighted by atomic mass is 35.5. The van der Waals surface area contributed by atoms with E-state index < -0.39 is 19.9 Å². The first-order chi connectivity index (χ1) is 16.6. The van der Waals surface area contributed by atoms with Crippen molar-refractivity contribution in [3.05, 3.63) is 65.3 Å². The van der Waals surface area contributed by atoms with E-state index in [0.717, 1.165) is 6.04 Å². The fourth-order valence-electron chi connectivity index (χ4n) is 3.52. The maximum absolute atomic E-state index is 14.3. The van der Waals surface area contributed by atoms with Crippen LogP contribution in [-0.4, -0.2) is 45.5 Å². The van der Waals surface area contributed by atoms with Crippen LogP contribution < -0.4 is 5.32 Å². The van der Waals surface area contributed by atoms with Crippen LogP contribution in [0, 0.1) is 5.82 Å². The van der Waals surface area contributed by atoms with Crippen LogP contribution >= 0.6 is 11.6 Å². The molecule has 182 valence electrons. The van der Waals surface area contributed by atoms with Crippen molar-refractivity contribution < 1.29 is 19.0 Å². The minimum Gasteiger partial charge on any atom is -0.477 e. The number of carbonyl (C=O) groups is 1. The Labute approximate surface area is 207 Å². The number of fused-ring (bicyclic) bond motifs is 1. The van der Waals surface area contributed by atoms with Gasteiger partial charge in [0.05, 0.1) is 23.3 Å². The molecule has 0 saturated heterocycles. The molecule has 0 aliphatic rings. The zero-order chi connectivity index (χ0) is 25.2. The number of nitrogens with one attached hydrogen (secondary N) is 1. The van der Waals surface area contributed by atoms with E-state index in [2.05, 4.69) is 40.1 Å². The number of ether oxygens (including phenoxy) is 1. The monoisotopic (exact) mass is 513 g/mol. The minimum atomic E-state index is -1.27. The van der Waals surface area contributed by atoms with Gasteiger partial charge < -0.3 is 15.2 Å². The first-order valence-corrected chi connectivity index (χ1v) is 15.1. The van der Waals surface area contributed by atoms with Gasteiger partial charge in [-0.15, -0.1) is 0 Å². The van der Waals surface area contributed by atoms with Gasteiger partial charge in [0.1, 0.15) is 23.9 Å². The topological polar surface area (TPSA) is 102 Å². The van der Waals surface area contributed by atoms with Crippen LogP contribution in [-0.2, 0) is 11.5 Å². The first-order valence-electron chi connectivity index (χ1n) is 11.0. The number of hydrogen-bond donors (Lipinski definition) is 2. The fraction of sp³-hybridized carbons (Fsp3) is 0.250. The number of aromatic nitrogens is 4. The predicted octanol–water partition coefficient (Wildman–Crippen LogP) is 6.04. The number of carboxylic acids is 1. The summed E-state index contributed by atoms with van der Waals surface area (Å²) in [5.74, 6) is -1.54. The van der Waals surface area contributed by atoms with E-state index in [1.165, 1.54) is 24.4 Å². The van der Waals surface area contributed by atoms with Gasteiger partial charge in [0.2, 0.25) is 0 Å². The normalized spacial score (nSPS) is 11.7. The Hall–Kier alpha value is -3.34. The molecule has 0 unspecified atom stereocenters. The molecule has 35 heavy (non-hydrogen) atoms. The highest BCUT2D eigenvalue weighted by Crippen LogP contribution is 2.30. The van der Waals surface area contributed by atoms with Gasteiger partial charge in [-0.2, -0.15) is 10.2 Å². The van der Waals surface area contributed by atoms with Crippen LogP contribution in [0.1, 0.15) is 10.5 Å². The van der Waals surface area contributed by atoms with Crippen molar-refractivity contribution in [2.24, 2.45) is 0 Å². The summed E-state index contributed by atoms with van der Waals surface area (Å²) in [5.41, 5.74) is 2.23. The smallest absolute Gasteiger partial charge is 0.352 e. The molecule has 0 bridgehead atoms. The number of halogens is 2. The summed E-state index contributed by atoms with van der Waals surface area (Å²) in [6.07, 6.45) is 3.08. The quantitative estimate of drug-likeness (QED) is 0.208. The van der Waals surface area contributed by atoms with Crippen molar-refractivity contribution in [2.75, 3.05) is 11.9 Å². The Kier molecular flexibility index (Phi) is 7.15. The SMILES string of the molecule is C[Si](C)(C)CCOCn1c(C(=O)O)cc2c(Nc3cnnc(-c4cc(Cl)ccc4F)c3)ccnc21. The van der Waals surface area contributed by atoms with Crippen molar-refractivity contribution in [2.45, 2.75) is 32.4 Å². The Morgan fingerprint density at radius 2 is 2.03 bits per heavy atom. The second-order valence-electron chi connectivity index (χ2n) is 9.29. The number of carboxylic acid groups (broad SMARTS) is 1. The van der Waals surface area contributed by atoms with E-state index in [1.807, 2.05) is 0 Å². The molecular weight excluding hydrogens is 489 g/mol. The largest absolute Gasteiger partial charge is 0.477 e. The van der Waals surface area contributed by atoms with Crippen molar-refractivity contribution in [1.29, 1.82) is 0 Å². The molecule has 0 aliphatic carbocycles. The Bertz CT molecular complexity index is 1390. The molecule has 4 aromatic rings. The second-order valence-corrected chi connectivity index (χ2v) is 15.3. The third-order valence-electron chi connectivity index (χ3n) is 5.37. The maximum atomic E-state index is 14.3. The molecule has 0 aliphatic heterocycles. The van der Waals surface area contributed by atoms with E-state index in [-0.39, 0.29) is 18.0 Å². The first kappa shape index (κ1) is 24.8. The molecule has 0 atom stereocenters. The molecule has 0 fully saturated rings. The summed E-state index contributed by atoms with van der Waals surface area (Å²) in [7, 11) is -1.27. The molecule has 11 heteroatoms. The molecule has 3 heterocycles. The standard InChI is InChI=1S/C24H25ClFN5O3Si/c1-35(2,3)9-8-34-14-31-22(24(32)33)12-18-20(6-7-27-23(18)31)29-16-11-21(30-28-13-16)17-10-15(25)4-5-19(17)26/h4-7,10-13H,8-9,14H2,1-3H3,(H,32,33)(H,27,29,30). The van der Waals surface area contributed by atoms with Crippen LogP contribution in [0.25, 0.3) is 22.3 Å². The number of rotatable bonds is 9.